The van der Waals surface area contributed by atoms with Crippen LogP contribution >= 0.6 is 0 Å². The molecule has 2 aromatic rings. The Hall–Kier alpha value is -2.09. The van der Waals surface area contributed by atoms with Crippen LogP contribution in [0.3, 0.4) is 0 Å². The van der Waals surface area contributed by atoms with Crippen molar-refractivity contribution in [1.82, 2.24) is 0 Å². The normalized spacial score (nSPS) is 10.8. The standard InChI is InChI=1S/C16H15FO/c1-13-9-10-15(12-16(13)17)18-11-5-8-14-6-3-2-4-7-14/h2-10,12H,11H2,1H3/b8-5+. The van der Waals surface area contributed by atoms with Crippen LogP contribution in [0.4, 0.5) is 4.39 Å². The lowest BCUT2D eigenvalue weighted by Gasteiger charge is -2.04. The molecule has 2 aromatic carbocycles. The lowest BCUT2D eigenvalue weighted by molar-refractivity contribution is 0.361. The van der Waals surface area contributed by atoms with Gasteiger partial charge in [-0.3, -0.25) is 0 Å². The molecule has 0 spiro atoms. The van der Waals surface area contributed by atoms with E-state index in [1.54, 1.807) is 19.1 Å². The van der Waals surface area contributed by atoms with E-state index in [4.69, 9.17) is 4.74 Å². The van der Waals surface area contributed by atoms with Crippen molar-refractivity contribution in [3.05, 3.63) is 71.6 Å². The van der Waals surface area contributed by atoms with Gasteiger partial charge in [0.25, 0.3) is 0 Å². The minimum absolute atomic E-state index is 0.237. The van der Waals surface area contributed by atoms with Gasteiger partial charge in [0, 0.05) is 6.07 Å². The molecule has 0 atom stereocenters. The molecule has 0 saturated heterocycles. The fourth-order valence-corrected chi connectivity index (χ4v) is 1.56. The van der Waals surface area contributed by atoms with Crippen molar-refractivity contribution in [3.63, 3.8) is 0 Å². The smallest absolute Gasteiger partial charge is 0.129 e. The quantitative estimate of drug-likeness (QED) is 0.779. The summed E-state index contributed by atoms with van der Waals surface area (Å²) < 4.78 is 18.7. The first-order valence-electron chi connectivity index (χ1n) is 5.86. The highest BCUT2D eigenvalue weighted by molar-refractivity contribution is 5.48. The second kappa shape index (κ2) is 6.01. The topological polar surface area (TPSA) is 9.23 Å². The first-order valence-corrected chi connectivity index (χ1v) is 5.86. The molecule has 2 rings (SSSR count). The van der Waals surface area contributed by atoms with Gasteiger partial charge in [-0.25, -0.2) is 4.39 Å². The third-order valence-corrected chi connectivity index (χ3v) is 2.60. The van der Waals surface area contributed by atoms with Crippen LogP contribution < -0.4 is 4.74 Å². The van der Waals surface area contributed by atoms with Crippen molar-refractivity contribution in [1.29, 1.82) is 0 Å². The Labute approximate surface area is 107 Å². The summed E-state index contributed by atoms with van der Waals surface area (Å²) in [6, 6.07) is 14.9. The lowest BCUT2D eigenvalue weighted by atomic mass is 10.2. The molecule has 0 aliphatic heterocycles. The van der Waals surface area contributed by atoms with Crippen molar-refractivity contribution in [2.45, 2.75) is 6.92 Å². The average molecular weight is 242 g/mol. The van der Waals surface area contributed by atoms with Gasteiger partial charge in [-0.2, -0.15) is 0 Å². The third kappa shape index (κ3) is 3.45. The second-order valence-corrected chi connectivity index (χ2v) is 4.04. The van der Waals surface area contributed by atoms with Gasteiger partial charge in [-0.1, -0.05) is 42.5 Å². The molecule has 18 heavy (non-hydrogen) atoms. The van der Waals surface area contributed by atoms with E-state index < -0.39 is 0 Å². The van der Waals surface area contributed by atoms with Gasteiger partial charge in [0.2, 0.25) is 0 Å². The zero-order chi connectivity index (χ0) is 12.8. The Morgan fingerprint density at radius 1 is 1.11 bits per heavy atom. The largest absolute Gasteiger partial charge is 0.489 e. The molecular weight excluding hydrogens is 227 g/mol. The van der Waals surface area contributed by atoms with Crippen LogP contribution in [-0.2, 0) is 0 Å². The van der Waals surface area contributed by atoms with Crippen LogP contribution in [-0.4, -0.2) is 6.61 Å². The SMILES string of the molecule is Cc1ccc(OC/C=C/c2ccccc2)cc1F. The van der Waals surface area contributed by atoms with Gasteiger partial charge in [-0.05, 0) is 30.2 Å². The Balaban J connectivity index is 1.89. The predicted octanol–water partition coefficient (Wildman–Crippen LogP) is 4.23. The highest BCUT2D eigenvalue weighted by Crippen LogP contribution is 2.15. The van der Waals surface area contributed by atoms with E-state index in [-0.39, 0.29) is 5.82 Å². The molecule has 0 amide bonds. The lowest BCUT2D eigenvalue weighted by Crippen LogP contribution is -1.94. The maximum Gasteiger partial charge on any atom is 0.129 e. The Kier molecular flexibility index (Phi) is 4.13. The molecule has 1 nitrogen and oxygen atoms in total. The monoisotopic (exact) mass is 242 g/mol. The molecule has 0 unspecified atom stereocenters. The first-order chi connectivity index (χ1) is 8.75. The van der Waals surface area contributed by atoms with Gasteiger partial charge < -0.3 is 4.74 Å². The molecule has 92 valence electrons. The van der Waals surface area contributed by atoms with Crippen LogP contribution in [0.2, 0.25) is 0 Å². The summed E-state index contributed by atoms with van der Waals surface area (Å²) in [6.45, 7) is 2.16. The van der Waals surface area contributed by atoms with E-state index in [0.717, 1.165) is 5.56 Å². The molecule has 0 heterocycles. The van der Waals surface area contributed by atoms with Gasteiger partial charge in [0.05, 0.1) is 0 Å². The zero-order valence-corrected chi connectivity index (χ0v) is 10.3. The molecule has 0 fully saturated rings. The van der Waals surface area contributed by atoms with Gasteiger partial charge >= 0.3 is 0 Å². The highest BCUT2D eigenvalue weighted by Gasteiger charge is 1.98. The van der Waals surface area contributed by atoms with Crippen molar-refractivity contribution in [2.75, 3.05) is 6.61 Å². The van der Waals surface area contributed by atoms with Crippen molar-refractivity contribution < 1.29 is 9.13 Å². The van der Waals surface area contributed by atoms with E-state index >= 15 is 0 Å². The van der Waals surface area contributed by atoms with Crippen molar-refractivity contribution in [3.8, 4) is 5.75 Å². The first kappa shape index (κ1) is 12.4. The number of rotatable bonds is 4. The van der Waals surface area contributed by atoms with E-state index in [1.807, 2.05) is 42.5 Å². The molecule has 0 N–H and O–H groups in total. The fraction of sp³-hybridized carbons (Fsp3) is 0.125. The summed E-state index contributed by atoms with van der Waals surface area (Å²) in [5.41, 5.74) is 1.75. The van der Waals surface area contributed by atoms with Crippen LogP contribution in [0.25, 0.3) is 6.08 Å². The number of hydrogen-bond donors (Lipinski definition) is 0. The molecule has 0 bridgehead atoms. The number of hydrogen-bond acceptors (Lipinski definition) is 1. The molecular formula is C16H15FO. The Morgan fingerprint density at radius 2 is 1.89 bits per heavy atom. The van der Waals surface area contributed by atoms with Crippen LogP contribution in [0, 0.1) is 12.7 Å². The number of aryl methyl sites for hydroxylation is 1. The summed E-state index contributed by atoms with van der Waals surface area (Å²) in [5.74, 6) is 0.315. The van der Waals surface area contributed by atoms with Gasteiger partial charge in [0.1, 0.15) is 18.2 Å². The van der Waals surface area contributed by atoms with E-state index in [0.29, 0.717) is 17.9 Å². The van der Waals surface area contributed by atoms with Crippen LogP contribution in [0.1, 0.15) is 11.1 Å². The Morgan fingerprint density at radius 3 is 2.61 bits per heavy atom. The maximum absolute atomic E-state index is 13.3. The summed E-state index contributed by atoms with van der Waals surface area (Å²) in [7, 11) is 0. The minimum atomic E-state index is -0.237. The molecule has 0 aliphatic rings. The molecule has 0 saturated carbocycles. The van der Waals surface area contributed by atoms with Crippen LogP contribution in [0.15, 0.2) is 54.6 Å². The molecule has 0 aliphatic carbocycles. The molecule has 0 aromatic heterocycles. The Bertz CT molecular complexity index is 532. The highest BCUT2D eigenvalue weighted by atomic mass is 19.1. The third-order valence-electron chi connectivity index (χ3n) is 2.60. The summed E-state index contributed by atoms with van der Waals surface area (Å²) in [4.78, 5) is 0. The van der Waals surface area contributed by atoms with Crippen molar-refractivity contribution >= 4 is 6.08 Å². The summed E-state index contributed by atoms with van der Waals surface area (Å²) in [6.07, 6.45) is 3.89. The zero-order valence-electron chi connectivity index (χ0n) is 10.3. The average Bonchev–Trinajstić information content (AvgIpc) is 2.40. The van der Waals surface area contributed by atoms with Gasteiger partial charge in [-0.15, -0.1) is 0 Å². The maximum atomic E-state index is 13.3. The van der Waals surface area contributed by atoms with E-state index in [1.165, 1.54) is 6.07 Å². The van der Waals surface area contributed by atoms with Crippen molar-refractivity contribution in [2.24, 2.45) is 0 Å². The summed E-state index contributed by atoms with van der Waals surface area (Å²) in [5, 5.41) is 0. The van der Waals surface area contributed by atoms with Crippen LogP contribution in [0.5, 0.6) is 5.75 Å². The number of ether oxygens (including phenoxy) is 1. The molecule has 2 heteroatoms. The van der Waals surface area contributed by atoms with E-state index in [9.17, 15) is 4.39 Å². The fourth-order valence-electron chi connectivity index (χ4n) is 1.56. The van der Waals surface area contributed by atoms with E-state index in [2.05, 4.69) is 0 Å². The van der Waals surface area contributed by atoms with Gasteiger partial charge in [0.15, 0.2) is 0 Å². The minimum Gasteiger partial charge on any atom is -0.489 e. The molecule has 0 radical (unpaired) electrons. The summed E-state index contributed by atoms with van der Waals surface area (Å²) >= 11 is 0. The number of halogens is 1. The predicted molar refractivity (Wildman–Crippen MR) is 72.1 cm³/mol. The second-order valence-electron chi connectivity index (χ2n) is 4.04. The number of benzene rings is 2.